The van der Waals surface area contributed by atoms with E-state index in [-0.39, 0.29) is 12.5 Å². The number of hydrogen-bond donors (Lipinski definition) is 3. The average molecular weight is 439 g/mol. The molecule has 2 atom stereocenters. The van der Waals surface area contributed by atoms with E-state index in [2.05, 4.69) is 22.8 Å². The number of hydrogen-bond acceptors (Lipinski definition) is 4. The van der Waals surface area contributed by atoms with Crippen LogP contribution in [0.3, 0.4) is 0 Å². The van der Waals surface area contributed by atoms with E-state index >= 15 is 0 Å². The molecule has 3 rings (SSSR count). The van der Waals surface area contributed by atoms with Gasteiger partial charge in [-0.25, -0.2) is 9.59 Å². The zero-order chi connectivity index (χ0) is 23.5. The molecule has 0 aromatic heterocycles. The van der Waals surface area contributed by atoms with Crippen LogP contribution in [0.25, 0.3) is 11.1 Å². The van der Waals surface area contributed by atoms with Crippen LogP contribution < -0.4 is 10.6 Å². The van der Waals surface area contributed by atoms with Crippen molar-refractivity contribution in [3.05, 3.63) is 59.7 Å². The van der Waals surface area contributed by atoms with E-state index in [0.717, 1.165) is 22.3 Å². The predicted octanol–water partition coefficient (Wildman–Crippen LogP) is 3.92. The average Bonchev–Trinajstić information content (AvgIpc) is 3.07. The fourth-order valence-electron chi connectivity index (χ4n) is 4.03. The zero-order valence-electron chi connectivity index (χ0n) is 18.8. The first-order valence-electron chi connectivity index (χ1n) is 10.8. The summed E-state index contributed by atoms with van der Waals surface area (Å²) in [6.07, 6.45) is -0.413. The van der Waals surface area contributed by atoms with Crippen LogP contribution in [-0.2, 0) is 14.3 Å². The maximum absolute atomic E-state index is 12.6. The highest BCUT2D eigenvalue weighted by molar-refractivity contribution is 5.89. The molecule has 0 aliphatic heterocycles. The topological polar surface area (TPSA) is 105 Å². The number of fused-ring (bicyclic) bond motifs is 3. The Hall–Kier alpha value is -3.35. The zero-order valence-corrected chi connectivity index (χ0v) is 18.8. The highest BCUT2D eigenvalue weighted by atomic mass is 16.5. The van der Waals surface area contributed by atoms with Crippen LogP contribution in [0, 0.1) is 5.41 Å². The summed E-state index contributed by atoms with van der Waals surface area (Å²) in [4.78, 5) is 36.6. The second-order valence-electron chi connectivity index (χ2n) is 9.08. The second-order valence-corrected chi connectivity index (χ2v) is 9.08. The largest absolute Gasteiger partial charge is 0.480 e. The standard InChI is InChI=1S/C25H30N2O5/c1-5-20(22(28)27-21(23(29)30)25(2,3)4)26-24(31)32-14-19-17-12-8-6-10-15(17)16-11-7-9-13-18(16)19/h6-13,19-21H,5,14H2,1-4H3,(H,26,31)(H,27,28)(H,29,30)/t20-,21?/m0/s1. The van der Waals surface area contributed by atoms with Gasteiger partial charge in [0, 0.05) is 5.92 Å². The lowest BCUT2D eigenvalue weighted by molar-refractivity contribution is -0.145. The lowest BCUT2D eigenvalue weighted by atomic mass is 9.86. The number of carboxylic acids is 1. The molecule has 0 saturated carbocycles. The first-order chi connectivity index (χ1) is 15.1. The van der Waals surface area contributed by atoms with Crippen LogP contribution in [0.4, 0.5) is 4.79 Å². The van der Waals surface area contributed by atoms with Gasteiger partial charge in [0.25, 0.3) is 0 Å². The number of nitrogens with one attached hydrogen (secondary N) is 2. The van der Waals surface area contributed by atoms with Crippen molar-refractivity contribution in [2.45, 2.75) is 52.1 Å². The molecule has 3 N–H and O–H groups in total. The van der Waals surface area contributed by atoms with E-state index in [0.29, 0.717) is 6.42 Å². The Morgan fingerprint density at radius 1 is 0.969 bits per heavy atom. The molecule has 7 nitrogen and oxygen atoms in total. The number of amides is 2. The minimum Gasteiger partial charge on any atom is -0.480 e. The Balaban J connectivity index is 1.64. The van der Waals surface area contributed by atoms with Gasteiger partial charge < -0.3 is 20.5 Å². The third-order valence-electron chi connectivity index (χ3n) is 5.76. The molecule has 2 amide bonds. The number of carbonyl (C=O) groups is 3. The van der Waals surface area contributed by atoms with E-state index in [9.17, 15) is 19.5 Å². The fourth-order valence-corrected chi connectivity index (χ4v) is 4.03. The lowest BCUT2D eigenvalue weighted by Gasteiger charge is -2.29. The van der Waals surface area contributed by atoms with Gasteiger partial charge in [0.1, 0.15) is 18.7 Å². The molecular formula is C25H30N2O5. The quantitative estimate of drug-likeness (QED) is 0.608. The van der Waals surface area contributed by atoms with Crippen molar-refractivity contribution in [2.75, 3.05) is 6.61 Å². The van der Waals surface area contributed by atoms with Crippen LogP contribution in [-0.4, -0.2) is 41.8 Å². The van der Waals surface area contributed by atoms with Gasteiger partial charge in [-0.15, -0.1) is 0 Å². The van der Waals surface area contributed by atoms with Gasteiger partial charge in [-0.1, -0.05) is 76.2 Å². The highest BCUT2D eigenvalue weighted by Crippen LogP contribution is 2.44. The van der Waals surface area contributed by atoms with Gasteiger partial charge in [-0.2, -0.15) is 0 Å². The van der Waals surface area contributed by atoms with Gasteiger partial charge in [0.15, 0.2) is 0 Å². The third-order valence-corrected chi connectivity index (χ3v) is 5.76. The molecule has 2 aromatic carbocycles. The number of rotatable bonds is 7. The smallest absolute Gasteiger partial charge is 0.407 e. The van der Waals surface area contributed by atoms with Crippen molar-refractivity contribution >= 4 is 18.0 Å². The van der Waals surface area contributed by atoms with Gasteiger partial charge >= 0.3 is 12.1 Å². The van der Waals surface area contributed by atoms with Crippen LogP contribution in [0.5, 0.6) is 0 Å². The van der Waals surface area contributed by atoms with E-state index in [1.165, 1.54) is 0 Å². The van der Waals surface area contributed by atoms with Crippen molar-refractivity contribution < 1.29 is 24.2 Å². The summed E-state index contributed by atoms with van der Waals surface area (Å²) in [6, 6.07) is 14.1. The van der Waals surface area contributed by atoms with Crippen LogP contribution in [0.15, 0.2) is 48.5 Å². The predicted molar refractivity (Wildman–Crippen MR) is 121 cm³/mol. The van der Waals surface area contributed by atoms with E-state index in [1.807, 2.05) is 36.4 Å². The number of carboxylic acid groups (broad SMARTS) is 1. The molecule has 32 heavy (non-hydrogen) atoms. The lowest BCUT2D eigenvalue weighted by Crippen LogP contribution is -2.55. The monoisotopic (exact) mass is 438 g/mol. The van der Waals surface area contributed by atoms with Crippen molar-refractivity contribution in [1.29, 1.82) is 0 Å². The van der Waals surface area contributed by atoms with Gasteiger partial charge in [0.05, 0.1) is 0 Å². The molecule has 1 aliphatic rings. The first-order valence-corrected chi connectivity index (χ1v) is 10.8. The summed E-state index contributed by atoms with van der Waals surface area (Å²) in [5.41, 5.74) is 3.78. The van der Waals surface area contributed by atoms with E-state index in [4.69, 9.17) is 4.74 Å². The SMILES string of the molecule is CC[C@H](NC(=O)OCC1c2ccccc2-c2ccccc21)C(=O)NC(C(=O)O)C(C)(C)C. The molecule has 170 valence electrons. The number of alkyl carbamates (subject to hydrolysis) is 1. The molecule has 0 radical (unpaired) electrons. The molecule has 0 fully saturated rings. The summed E-state index contributed by atoms with van der Waals surface area (Å²) in [6.45, 7) is 7.06. The molecule has 0 heterocycles. The minimum absolute atomic E-state index is 0.0839. The Morgan fingerprint density at radius 2 is 1.50 bits per heavy atom. The Morgan fingerprint density at radius 3 is 1.97 bits per heavy atom. The molecule has 2 aromatic rings. The Kier molecular flexibility index (Phi) is 6.87. The van der Waals surface area contributed by atoms with Crippen molar-refractivity contribution in [2.24, 2.45) is 5.41 Å². The van der Waals surface area contributed by atoms with Crippen molar-refractivity contribution in [3.8, 4) is 11.1 Å². The molecule has 1 unspecified atom stereocenters. The van der Waals surface area contributed by atoms with Gasteiger partial charge in [-0.05, 0) is 34.1 Å². The van der Waals surface area contributed by atoms with Gasteiger partial charge in [0.2, 0.25) is 5.91 Å². The molecule has 0 saturated heterocycles. The van der Waals surface area contributed by atoms with E-state index < -0.39 is 35.5 Å². The summed E-state index contributed by atoms with van der Waals surface area (Å²) in [5.74, 6) is -1.76. The first kappa shape index (κ1) is 23.3. The molecule has 1 aliphatic carbocycles. The molecular weight excluding hydrogens is 408 g/mol. The van der Waals surface area contributed by atoms with Gasteiger partial charge in [-0.3, -0.25) is 4.79 Å². The van der Waals surface area contributed by atoms with Crippen molar-refractivity contribution in [1.82, 2.24) is 10.6 Å². The highest BCUT2D eigenvalue weighted by Gasteiger charge is 2.35. The van der Waals surface area contributed by atoms with Crippen LogP contribution >= 0.6 is 0 Å². The third kappa shape index (κ3) is 4.93. The number of aliphatic carboxylic acids is 1. The summed E-state index contributed by atoms with van der Waals surface area (Å²) >= 11 is 0. The molecule has 0 spiro atoms. The Bertz CT molecular complexity index is 966. The maximum Gasteiger partial charge on any atom is 0.407 e. The van der Waals surface area contributed by atoms with Crippen LogP contribution in [0.2, 0.25) is 0 Å². The molecule has 7 heteroatoms. The minimum atomic E-state index is -1.12. The number of benzene rings is 2. The van der Waals surface area contributed by atoms with Crippen LogP contribution in [0.1, 0.15) is 51.2 Å². The summed E-state index contributed by atoms with van der Waals surface area (Å²) in [7, 11) is 0. The Labute approximate surface area is 188 Å². The van der Waals surface area contributed by atoms with E-state index in [1.54, 1.807) is 27.7 Å². The fraction of sp³-hybridized carbons (Fsp3) is 0.400. The molecule has 0 bridgehead atoms. The second kappa shape index (κ2) is 9.42. The maximum atomic E-state index is 12.6. The summed E-state index contributed by atoms with van der Waals surface area (Å²) < 4.78 is 5.50. The number of ether oxygens (including phenoxy) is 1. The van der Waals surface area contributed by atoms with Crippen molar-refractivity contribution in [3.63, 3.8) is 0 Å². The summed E-state index contributed by atoms with van der Waals surface area (Å²) in [5, 5.41) is 14.5. The number of carbonyl (C=O) groups excluding carboxylic acids is 2. The normalized spacial score (nSPS) is 14.6.